The predicted octanol–water partition coefficient (Wildman–Crippen LogP) is 3.25. The van der Waals surface area contributed by atoms with Gasteiger partial charge in [0.25, 0.3) is 0 Å². The minimum Gasteiger partial charge on any atom is -0.366 e. The van der Waals surface area contributed by atoms with Crippen molar-refractivity contribution in [2.45, 2.75) is 31.6 Å². The van der Waals surface area contributed by atoms with Crippen LogP contribution in [0.5, 0.6) is 0 Å². The van der Waals surface area contributed by atoms with Crippen molar-refractivity contribution >= 4 is 27.6 Å². The number of sulfonamides is 1. The lowest BCUT2D eigenvalue weighted by atomic mass is 10.0. The van der Waals surface area contributed by atoms with Crippen LogP contribution in [-0.2, 0) is 14.8 Å². The minimum absolute atomic E-state index is 0.00971. The van der Waals surface area contributed by atoms with Gasteiger partial charge < -0.3 is 15.3 Å². The highest BCUT2D eigenvalue weighted by molar-refractivity contribution is 7.94. The van der Waals surface area contributed by atoms with Crippen LogP contribution in [0, 0.1) is 5.92 Å². The first kappa shape index (κ1) is 17.9. The third-order valence-corrected chi connectivity index (χ3v) is 4.80. The normalized spacial score (nSPS) is 11.3. The Morgan fingerprint density at radius 2 is 1.71 bits per heavy atom. The average molecular weight is 347 g/mol. The molecular formula is C16H19N4O3S-. The number of hydrogen-bond acceptors (Lipinski definition) is 5. The fourth-order valence-electron chi connectivity index (χ4n) is 2.11. The molecule has 1 N–H and O–H groups in total. The third kappa shape index (κ3) is 4.51. The van der Waals surface area contributed by atoms with Crippen molar-refractivity contribution in [3.05, 3.63) is 47.4 Å². The van der Waals surface area contributed by atoms with Gasteiger partial charge in [-0.3, -0.25) is 9.52 Å². The molecule has 1 aromatic carbocycles. The monoisotopic (exact) mass is 347 g/mol. The predicted molar refractivity (Wildman–Crippen MR) is 91.4 cm³/mol. The van der Waals surface area contributed by atoms with E-state index in [1.54, 1.807) is 6.07 Å². The summed E-state index contributed by atoms with van der Waals surface area (Å²) >= 11 is 0. The van der Waals surface area contributed by atoms with E-state index in [0.29, 0.717) is 5.69 Å². The van der Waals surface area contributed by atoms with Gasteiger partial charge in [0, 0.05) is 17.6 Å². The molecule has 0 saturated heterocycles. The molecule has 0 unspecified atom stereocenters. The van der Waals surface area contributed by atoms with Gasteiger partial charge in [-0.15, -0.1) is 0 Å². The number of carbonyl (C=O) groups excluding carboxylic acids is 1. The maximum Gasteiger partial charge on any atom is 0.229 e. The Bertz CT molecular complexity index is 773. The van der Waals surface area contributed by atoms with Crippen LogP contribution in [0.25, 0.3) is 4.72 Å². The summed E-state index contributed by atoms with van der Waals surface area (Å²) in [4.78, 5) is 19.6. The molecule has 2 aromatic rings. The van der Waals surface area contributed by atoms with Crippen LogP contribution < -0.4 is 5.32 Å². The summed E-state index contributed by atoms with van der Waals surface area (Å²) in [5.41, 5.74) is 0.543. The van der Waals surface area contributed by atoms with Gasteiger partial charge in [0.05, 0.1) is 4.90 Å². The molecule has 128 valence electrons. The smallest absolute Gasteiger partial charge is 0.229 e. The third-order valence-electron chi connectivity index (χ3n) is 3.53. The number of benzene rings is 1. The molecule has 0 spiro atoms. The number of aromatic nitrogens is 2. The summed E-state index contributed by atoms with van der Waals surface area (Å²) in [7, 11) is -3.90. The van der Waals surface area contributed by atoms with E-state index < -0.39 is 10.0 Å². The number of amides is 1. The average Bonchev–Trinajstić information content (AvgIpc) is 2.57. The van der Waals surface area contributed by atoms with Gasteiger partial charge in [0.1, 0.15) is 0 Å². The van der Waals surface area contributed by atoms with E-state index >= 15 is 0 Å². The van der Waals surface area contributed by atoms with Crippen LogP contribution in [0.2, 0.25) is 0 Å². The lowest BCUT2D eigenvalue weighted by Gasteiger charge is -2.14. The standard InChI is InChI=1S/C16H20N4O3S/c1-3-12(4-2)15(21)19-13-6-8-14(9-7-13)24(22,23)20-16-17-10-5-11-18-16/h5-12H,3-4H2,1-2H3,(H2,17,18,19,20,21)/p-1. The van der Waals surface area contributed by atoms with Gasteiger partial charge in [0.2, 0.25) is 15.9 Å². The van der Waals surface area contributed by atoms with Crippen LogP contribution in [0.15, 0.2) is 47.6 Å². The molecule has 0 aliphatic heterocycles. The number of nitrogens with one attached hydrogen (secondary N) is 1. The summed E-state index contributed by atoms with van der Waals surface area (Å²) in [6.45, 7) is 3.91. The summed E-state index contributed by atoms with van der Waals surface area (Å²) < 4.78 is 28.0. The first-order valence-corrected chi connectivity index (χ1v) is 9.06. The number of rotatable bonds is 7. The molecule has 0 saturated carbocycles. The van der Waals surface area contributed by atoms with Crippen LogP contribution in [0.3, 0.4) is 0 Å². The number of nitrogens with zero attached hydrogens (tertiary/aromatic N) is 3. The molecule has 0 atom stereocenters. The Hall–Kier alpha value is -2.48. The molecule has 1 heterocycles. The minimum atomic E-state index is -3.90. The van der Waals surface area contributed by atoms with Crippen LogP contribution >= 0.6 is 0 Å². The first-order chi connectivity index (χ1) is 11.5. The number of carbonyl (C=O) groups is 1. The van der Waals surface area contributed by atoms with E-state index in [-0.39, 0.29) is 22.7 Å². The number of hydrogen-bond donors (Lipinski definition) is 1. The lowest BCUT2D eigenvalue weighted by molar-refractivity contribution is -0.120. The van der Waals surface area contributed by atoms with Gasteiger partial charge in [0.15, 0.2) is 0 Å². The Labute approximate surface area is 141 Å². The van der Waals surface area contributed by atoms with Crippen molar-refractivity contribution in [2.24, 2.45) is 5.92 Å². The maximum absolute atomic E-state index is 12.2. The Morgan fingerprint density at radius 3 is 2.25 bits per heavy atom. The van der Waals surface area contributed by atoms with E-state index in [2.05, 4.69) is 20.0 Å². The topological polar surface area (TPSA) is 103 Å². The molecule has 0 fully saturated rings. The van der Waals surface area contributed by atoms with Crippen molar-refractivity contribution < 1.29 is 13.2 Å². The number of anilines is 1. The van der Waals surface area contributed by atoms with Crippen LogP contribution in [0.1, 0.15) is 26.7 Å². The second-order valence-corrected chi connectivity index (χ2v) is 6.75. The highest BCUT2D eigenvalue weighted by Crippen LogP contribution is 2.25. The molecule has 2 rings (SSSR count). The van der Waals surface area contributed by atoms with E-state index in [9.17, 15) is 13.2 Å². The Kier molecular flexibility index (Phi) is 5.86. The van der Waals surface area contributed by atoms with Gasteiger partial charge in [-0.05, 0) is 49.5 Å². The molecule has 1 aromatic heterocycles. The molecule has 0 aliphatic carbocycles. The molecule has 7 nitrogen and oxygen atoms in total. The van der Waals surface area contributed by atoms with Gasteiger partial charge >= 0.3 is 0 Å². The molecule has 1 amide bonds. The van der Waals surface area contributed by atoms with Crippen molar-refractivity contribution in [3.8, 4) is 0 Å². The van der Waals surface area contributed by atoms with E-state index in [4.69, 9.17) is 0 Å². The summed E-state index contributed by atoms with van der Waals surface area (Å²) in [5, 5.41) is 2.78. The summed E-state index contributed by atoms with van der Waals surface area (Å²) in [6, 6.07) is 7.43. The first-order valence-electron chi connectivity index (χ1n) is 7.62. The highest BCUT2D eigenvalue weighted by Gasteiger charge is 2.15. The fourth-order valence-corrected chi connectivity index (χ4v) is 3.01. The van der Waals surface area contributed by atoms with Crippen molar-refractivity contribution in [3.63, 3.8) is 0 Å². The second-order valence-electron chi connectivity index (χ2n) is 5.14. The molecule has 24 heavy (non-hydrogen) atoms. The summed E-state index contributed by atoms with van der Waals surface area (Å²) in [6.07, 6.45) is 4.34. The van der Waals surface area contributed by atoms with Crippen LogP contribution in [0.4, 0.5) is 11.6 Å². The van der Waals surface area contributed by atoms with E-state index in [1.807, 2.05) is 13.8 Å². The molecule has 8 heteroatoms. The molecule has 0 radical (unpaired) electrons. The van der Waals surface area contributed by atoms with Gasteiger partial charge in [-0.1, -0.05) is 19.9 Å². The summed E-state index contributed by atoms with van der Waals surface area (Å²) in [5.74, 6) is -0.250. The second kappa shape index (κ2) is 7.87. The largest absolute Gasteiger partial charge is 0.366 e. The molecular weight excluding hydrogens is 328 g/mol. The molecule has 0 aliphatic rings. The van der Waals surface area contributed by atoms with E-state index in [0.717, 1.165) is 12.8 Å². The fraction of sp³-hybridized carbons (Fsp3) is 0.312. The van der Waals surface area contributed by atoms with Crippen LogP contribution in [-0.4, -0.2) is 24.3 Å². The van der Waals surface area contributed by atoms with Gasteiger partial charge in [-0.2, -0.15) is 0 Å². The Balaban J connectivity index is 2.10. The van der Waals surface area contributed by atoms with Gasteiger partial charge in [-0.25, -0.2) is 8.42 Å². The van der Waals surface area contributed by atoms with Crippen molar-refractivity contribution in [2.75, 3.05) is 5.32 Å². The maximum atomic E-state index is 12.2. The highest BCUT2D eigenvalue weighted by atomic mass is 32.2. The van der Waals surface area contributed by atoms with Crippen molar-refractivity contribution in [1.29, 1.82) is 0 Å². The SMILES string of the molecule is CCC(CC)C(=O)Nc1ccc(S(=O)(=O)[N-]c2ncccn2)cc1. The van der Waals surface area contributed by atoms with E-state index in [1.165, 1.54) is 36.7 Å². The zero-order valence-corrected chi connectivity index (χ0v) is 14.3. The Morgan fingerprint density at radius 1 is 1.12 bits per heavy atom. The lowest BCUT2D eigenvalue weighted by Crippen LogP contribution is -2.21. The quantitative estimate of drug-likeness (QED) is 0.828. The van der Waals surface area contributed by atoms with Crippen molar-refractivity contribution in [1.82, 2.24) is 9.97 Å². The molecule has 0 bridgehead atoms. The zero-order valence-electron chi connectivity index (χ0n) is 13.5. The zero-order chi connectivity index (χ0) is 17.6.